The van der Waals surface area contributed by atoms with Gasteiger partial charge in [0.1, 0.15) is 0 Å². The summed E-state index contributed by atoms with van der Waals surface area (Å²) in [5.74, 6) is 0. The van der Waals surface area contributed by atoms with Gasteiger partial charge in [-0.2, -0.15) is 0 Å². The fourth-order valence-corrected chi connectivity index (χ4v) is 1.46. The summed E-state index contributed by atoms with van der Waals surface area (Å²) in [6.07, 6.45) is 2.02. The molecular formula is C9H13ClS. The van der Waals surface area contributed by atoms with E-state index in [9.17, 15) is 0 Å². The van der Waals surface area contributed by atoms with Gasteiger partial charge in [-0.15, -0.1) is 11.8 Å². The van der Waals surface area contributed by atoms with E-state index in [1.54, 1.807) is 11.8 Å². The maximum Gasteiger partial charge on any atom is 0.0541 e. The minimum absolute atomic E-state index is 0.838. The van der Waals surface area contributed by atoms with Crippen molar-refractivity contribution in [1.29, 1.82) is 0 Å². The van der Waals surface area contributed by atoms with Gasteiger partial charge >= 0.3 is 0 Å². The van der Waals surface area contributed by atoms with E-state index < -0.39 is 0 Å². The summed E-state index contributed by atoms with van der Waals surface area (Å²) < 4.78 is 0. The second-order valence-electron chi connectivity index (χ2n) is 1.63. The molecule has 0 nitrogen and oxygen atoms in total. The Balaban J connectivity index is 0.000000461. The number of benzene rings is 1. The molecule has 0 aliphatic heterocycles. The van der Waals surface area contributed by atoms with Crippen molar-refractivity contribution in [2.24, 2.45) is 0 Å². The van der Waals surface area contributed by atoms with Crippen LogP contribution in [0.15, 0.2) is 29.2 Å². The van der Waals surface area contributed by atoms with E-state index in [1.165, 1.54) is 0 Å². The van der Waals surface area contributed by atoms with Crippen molar-refractivity contribution >= 4 is 23.4 Å². The normalized spacial score (nSPS) is 8.36. The third-order valence-electron chi connectivity index (χ3n) is 1.06. The van der Waals surface area contributed by atoms with Gasteiger partial charge < -0.3 is 0 Å². The van der Waals surface area contributed by atoms with Crippen LogP contribution in [0.4, 0.5) is 0 Å². The molecule has 0 atom stereocenters. The average molecular weight is 189 g/mol. The predicted octanol–water partition coefficient (Wildman–Crippen LogP) is 4.09. The minimum atomic E-state index is 0.838. The molecule has 0 heterocycles. The Hall–Kier alpha value is -0.140. The zero-order chi connectivity index (χ0) is 8.69. The van der Waals surface area contributed by atoms with Crippen LogP contribution in [0.3, 0.4) is 0 Å². The maximum atomic E-state index is 5.80. The van der Waals surface area contributed by atoms with E-state index in [0.29, 0.717) is 0 Å². The summed E-state index contributed by atoms with van der Waals surface area (Å²) in [4.78, 5) is 1.14. The Bertz CT molecular complexity index is 199. The van der Waals surface area contributed by atoms with Gasteiger partial charge in [-0.25, -0.2) is 0 Å². The molecule has 0 fully saturated rings. The van der Waals surface area contributed by atoms with Crippen molar-refractivity contribution < 1.29 is 0 Å². The lowest BCUT2D eigenvalue weighted by atomic mass is 10.4. The van der Waals surface area contributed by atoms with Gasteiger partial charge in [-0.3, -0.25) is 0 Å². The molecule has 0 amide bonds. The fourth-order valence-electron chi connectivity index (χ4n) is 0.610. The van der Waals surface area contributed by atoms with Crippen LogP contribution in [0.25, 0.3) is 0 Å². The van der Waals surface area contributed by atoms with E-state index >= 15 is 0 Å². The van der Waals surface area contributed by atoms with Crippen molar-refractivity contribution in [3.05, 3.63) is 29.3 Å². The van der Waals surface area contributed by atoms with Crippen LogP contribution in [0.1, 0.15) is 13.8 Å². The Morgan fingerprint density at radius 3 is 2.09 bits per heavy atom. The molecule has 0 saturated carbocycles. The number of halogens is 1. The summed E-state index contributed by atoms with van der Waals surface area (Å²) >= 11 is 7.47. The standard InChI is InChI=1S/C7H7ClS.C2H6/c1-9-7-5-3-2-4-6(7)8;1-2/h2-5H,1H3;1-2H3. The van der Waals surface area contributed by atoms with Crippen molar-refractivity contribution in [2.75, 3.05) is 6.26 Å². The van der Waals surface area contributed by atoms with Crippen molar-refractivity contribution in [2.45, 2.75) is 18.7 Å². The van der Waals surface area contributed by atoms with Gasteiger partial charge in [0.15, 0.2) is 0 Å². The van der Waals surface area contributed by atoms with Crippen LogP contribution in [-0.2, 0) is 0 Å². The van der Waals surface area contributed by atoms with Crippen molar-refractivity contribution in [3.8, 4) is 0 Å². The van der Waals surface area contributed by atoms with Crippen LogP contribution in [0.5, 0.6) is 0 Å². The molecule has 2 heteroatoms. The number of hydrogen-bond donors (Lipinski definition) is 0. The zero-order valence-corrected chi connectivity index (χ0v) is 8.67. The second-order valence-corrected chi connectivity index (χ2v) is 2.89. The molecule has 11 heavy (non-hydrogen) atoms. The van der Waals surface area contributed by atoms with Gasteiger partial charge in [0.05, 0.1) is 5.02 Å². The van der Waals surface area contributed by atoms with Gasteiger partial charge in [0, 0.05) is 4.90 Å². The Morgan fingerprint density at radius 1 is 1.18 bits per heavy atom. The van der Waals surface area contributed by atoms with Crippen LogP contribution < -0.4 is 0 Å². The third kappa shape index (κ3) is 3.68. The smallest absolute Gasteiger partial charge is 0.0541 e. The van der Waals surface area contributed by atoms with E-state index in [2.05, 4.69) is 0 Å². The molecule has 0 bridgehead atoms. The van der Waals surface area contributed by atoms with Gasteiger partial charge in [0.25, 0.3) is 0 Å². The van der Waals surface area contributed by atoms with Gasteiger partial charge in [-0.1, -0.05) is 37.6 Å². The molecule has 62 valence electrons. The molecule has 0 radical (unpaired) electrons. The van der Waals surface area contributed by atoms with E-state index in [4.69, 9.17) is 11.6 Å². The van der Waals surface area contributed by atoms with Crippen LogP contribution in [0.2, 0.25) is 5.02 Å². The highest BCUT2D eigenvalue weighted by Gasteiger charge is 1.92. The zero-order valence-electron chi connectivity index (χ0n) is 7.10. The monoisotopic (exact) mass is 188 g/mol. The molecule has 0 unspecified atom stereocenters. The quantitative estimate of drug-likeness (QED) is 0.599. The molecule has 1 aromatic carbocycles. The highest BCUT2D eigenvalue weighted by molar-refractivity contribution is 7.98. The molecule has 0 saturated heterocycles. The Labute approximate surface area is 78.0 Å². The Kier molecular flexibility index (Phi) is 6.48. The number of thioether (sulfide) groups is 1. The minimum Gasteiger partial charge on any atom is -0.128 e. The lowest BCUT2D eigenvalue weighted by Gasteiger charge is -1.95. The maximum absolute atomic E-state index is 5.80. The first-order valence-electron chi connectivity index (χ1n) is 3.63. The first-order chi connectivity index (χ1) is 5.34. The molecule has 0 aliphatic carbocycles. The fraction of sp³-hybridized carbons (Fsp3) is 0.333. The lowest BCUT2D eigenvalue weighted by molar-refractivity contribution is 1.47. The molecule has 1 aromatic rings. The molecule has 0 aliphatic rings. The van der Waals surface area contributed by atoms with Gasteiger partial charge in [0.2, 0.25) is 0 Å². The lowest BCUT2D eigenvalue weighted by Crippen LogP contribution is -1.68. The molecule has 0 N–H and O–H groups in total. The summed E-state index contributed by atoms with van der Waals surface area (Å²) in [6.45, 7) is 4.00. The molecule has 1 rings (SSSR count). The summed E-state index contributed by atoms with van der Waals surface area (Å²) in [7, 11) is 0. The number of rotatable bonds is 1. The Morgan fingerprint density at radius 2 is 1.73 bits per heavy atom. The van der Waals surface area contributed by atoms with Crippen LogP contribution >= 0.6 is 23.4 Å². The van der Waals surface area contributed by atoms with E-state index in [1.807, 2.05) is 44.4 Å². The highest BCUT2D eigenvalue weighted by Crippen LogP contribution is 2.23. The van der Waals surface area contributed by atoms with E-state index in [-0.39, 0.29) is 0 Å². The third-order valence-corrected chi connectivity index (χ3v) is 2.29. The first kappa shape index (κ1) is 10.9. The second kappa shape index (κ2) is 6.56. The SMILES string of the molecule is CC.CSc1ccccc1Cl. The molecule has 0 spiro atoms. The van der Waals surface area contributed by atoms with Crippen LogP contribution in [0, 0.1) is 0 Å². The average Bonchev–Trinajstić information content (AvgIpc) is 2.09. The highest BCUT2D eigenvalue weighted by atomic mass is 35.5. The number of hydrogen-bond acceptors (Lipinski definition) is 1. The first-order valence-corrected chi connectivity index (χ1v) is 5.23. The topological polar surface area (TPSA) is 0 Å². The summed E-state index contributed by atoms with van der Waals surface area (Å²) in [5.41, 5.74) is 0. The largest absolute Gasteiger partial charge is 0.128 e. The van der Waals surface area contributed by atoms with Gasteiger partial charge in [-0.05, 0) is 18.4 Å². The molecule has 0 aromatic heterocycles. The van der Waals surface area contributed by atoms with Crippen molar-refractivity contribution in [1.82, 2.24) is 0 Å². The summed E-state index contributed by atoms with van der Waals surface area (Å²) in [6, 6.07) is 7.82. The predicted molar refractivity (Wildman–Crippen MR) is 54.6 cm³/mol. The van der Waals surface area contributed by atoms with Crippen molar-refractivity contribution in [3.63, 3.8) is 0 Å². The molecular weight excluding hydrogens is 176 g/mol. The van der Waals surface area contributed by atoms with E-state index in [0.717, 1.165) is 9.92 Å². The summed E-state index contributed by atoms with van der Waals surface area (Å²) in [5, 5.41) is 0.838. The van der Waals surface area contributed by atoms with Crippen LogP contribution in [-0.4, -0.2) is 6.26 Å².